The minimum absolute atomic E-state index is 0.261. The Morgan fingerprint density at radius 1 is 1.15 bits per heavy atom. The molecule has 0 heterocycles. The number of aromatic hydroxyl groups is 1. The van der Waals surface area contributed by atoms with E-state index in [1.165, 1.54) is 30.3 Å². The van der Waals surface area contributed by atoms with Crippen molar-refractivity contribution in [2.45, 2.75) is 6.04 Å². The Hall–Kier alpha value is -2.63. The smallest absolute Gasteiger partial charge is 0.244 e. The Morgan fingerprint density at radius 3 is 2.35 bits per heavy atom. The maximum atomic E-state index is 13.3. The van der Waals surface area contributed by atoms with Gasteiger partial charge in [-0.2, -0.15) is 0 Å². The Bertz CT molecular complexity index is 630. The number of carbonyl (C=O) groups is 1. The lowest BCUT2D eigenvalue weighted by Gasteiger charge is -2.17. The number of nitrogens with two attached hydrogens (primary N) is 1. The number of rotatable bonds is 4. The molecule has 4 N–H and O–H groups in total. The van der Waals surface area contributed by atoms with Gasteiger partial charge in [-0.1, -0.05) is 6.07 Å². The summed E-state index contributed by atoms with van der Waals surface area (Å²) in [5, 5.41) is 11.9. The fraction of sp³-hybridized carbons (Fsp3) is 0.0714. The van der Waals surface area contributed by atoms with E-state index in [4.69, 9.17) is 10.8 Å². The van der Waals surface area contributed by atoms with Crippen molar-refractivity contribution in [1.29, 1.82) is 0 Å². The lowest BCUT2D eigenvalue weighted by atomic mass is 10.1. The largest absolute Gasteiger partial charge is 0.505 e. The molecule has 0 bridgehead atoms. The standard InChI is InChI=1S/C14H12F2N2O2/c15-9-2-4-10(5-3-9)18-13(14(17)20)8-1-6-12(19)11(16)7-8/h1-7,13,18-19H,(H2,17,20). The quantitative estimate of drug-likeness (QED) is 0.803. The monoisotopic (exact) mass is 278 g/mol. The van der Waals surface area contributed by atoms with Gasteiger partial charge in [0.05, 0.1) is 0 Å². The highest BCUT2D eigenvalue weighted by atomic mass is 19.1. The second-order valence-corrected chi connectivity index (χ2v) is 4.20. The van der Waals surface area contributed by atoms with Gasteiger partial charge < -0.3 is 16.2 Å². The lowest BCUT2D eigenvalue weighted by Crippen LogP contribution is -2.27. The van der Waals surface area contributed by atoms with Gasteiger partial charge in [0.1, 0.15) is 11.9 Å². The number of phenolic OH excluding ortho intramolecular Hbond substituents is 1. The number of phenols is 1. The molecular weight excluding hydrogens is 266 g/mol. The molecule has 0 fully saturated rings. The predicted octanol–water partition coefficient (Wildman–Crippen LogP) is 2.31. The zero-order valence-electron chi connectivity index (χ0n) is 10.3. The predicted molar refractivity (Wildman–Crippen MR) is 70.0 cm³/mol. The SMILES string of the molecule is NC(=O)C(Nc1ccc(F)cc1)c1ccc(O)c(F)c1. The molecule has 1 atom stereocenters. The highest BCUT2D eigenvalue weighted by Crippen LogP contribution is 2.24. The van der Waals surface area contributed by atoms with Crippen molar-refractivity contribution >= 4 is 11.6 Å². The Labute approximate surface area is 113 Å². The molecule has 2 aromatic carbocycles. The first-order valence-corrected chi connectivity index (χ1v) is 5.77. The van der Waals surface area contributed by atoms with Gasteiger partial charge in [0, 0.05) is 5.69 Å². The van der Waals surface area contributed by atoms with Crippen molar-refractivity contribution in [3.8, 4) is 5.75 Å². The molecule has 0 saturated carbocycles. The first-order valence-electron chi connectivity index (χ1n) is 5.77. The molecule has 1 amide bonds. The molecule has 0 saturated heterocycles. The van der Waals surface area contributed by atoms with Gasteiger partial charge in [0.15, 0.2) is 11.6 Å². The summed E-state index contributed by atoms with van der Waals surface area (Å²) in [6, 6.07) is 7.84. The Morgan fingerprint density at radius 2 is 1.80 bits per heavy atom. The van der Waals surface area contributed by atoms with Crippen LogP contribution < -0.4 is 11.1 Å². The van der Waals surface area contributed by atoms with Gasteiger partial charge in [0.2, 0.25) is 5.91 Å². The van der Waals surface area contributed by atoms with E-state index in [1.54, 1.807) is 0 Å². The number of hydrogen-bond acceptors (Lipinski definition) is 3. The number of carbonyl (C=O) groups excluding carboxylic acids is 1. The third kappa shape index (κ3) is 3.03. The third-order valence-corrected chi connectivity index (χ3v) is 2.74. The number of nitrogens with one attached hydrogen (secondary N) is 1. The maximum Gasteiger partial charge on any atom is 0.244 e. The second-order valence-electron chi connectivity index (χ2n) is 4.20. The minimum atomic E-state index is -0.990. The Balaban J connectivity index is 2.29. The van der Waals surface area contributed by atoms with E-state index in [2.05, 4.69) is 5.32 Å². The fourth-order valence-corrected chi connectivity index (χ4v) is 1.73. The summed E-state index contributed by atoms with van der Waals surface area (Å²) in [7, 11) is 0. The molecular formula is C14H12F2N2O2. The molecule has 6 heteroatoms. The number of amides is 1. The number of primary amides is 1. The van der Waals surface area contributed by atoms with Crippen molar-refractivity contribution in [1.82, 2.24) is 0 Å². The summed E-state index contributed by atoms with van der Waals surface area (Å²) in [6.45, 7) is 0. The number of halogens is 2. The molecule has 0 aliphatic rings. The van der Waals surface area contributed by atoms with Gasteiger partial charge in [-0.25, -0.2) is 8.78 Å². The van der Waals surface area contributed by atoms with Crippen LogP contribution in [0.3, 0.4) is 0 Å². The van der Waals surface area contributed by atoms with Crippen molar-refractivity contribution in [3.05, 3.63) is 59.7 Å². The maximum absolute atomic E-state index is 13.3. The van der Waals surface area contributed by atoms with Crippen molar-refractivity contribution in [3.63, 3.8) is 0 Å². The number of hydrogen-bond donors (Lipinski definition) is 3. The normalized spacial score (nSPS) is 11.9. The molecule has 0 aliphatic carbocycles. The summed E-state index contributed by atoms with van der Waals surface area (Å²) in [6.07, 6.45) is 0. The number of anilines is 1. The molecule has 0 aromatic heterocycles. The molecule has 1 unspecified atom stereocenters. The van der Waals surface area contributed by atoms with Gasteiger partial charge in [-0.05, 0) is 42.0 Å². The summed E-state index contributed by atoms with van der Waals surface area (Å²) >= 11 is 0. The molecule has 0 radical (unpaired) electrons. The molecule has 4 nitrogen and oxygen atoms in total. The van der Waals surface area contributed by atoms with E-state index in [0.29, 0.717) is 5.69 Å². The third-order valence-electron chi connectivity index (χ3n) is 2.74. The first-order chi connectivity index (χ1) is 9.47. The van der Waals surface area contributed by atoms with Crippen LogP contribution in [0.5, 0.6) is 5.75 Å². The van der Waals surface area contributed by atoms with Crippen LogP contribution in [0.2, 0.25) is 0 Å². The average molecular weight is 278 g/mol. The zero-order valence-corrected chi connectivity index (χ0v) is 10.3. The van der Waals surface area contributed by atoms with Gasteiger partial charge in [-0.3, -0.25) is 4.79 Å². The van der Waals surface area contributed by atoms with E-state index >= 15 is 0 Å². The summed E-state index contributed by atoms with van der Waals surface area (Å²) in [4.78, 5) is 11.5. The summed E-state index contributed by atoms with van der Waals surface area (Å²) in [5.41, 5.74) is 6.00. The molecule has 20 heavy (non-hydrogen) atoms. The van der Waals surface area contributed by atoms with Crippen LogP contribution in [0.25, 0.3) is 0 Å². The molecule has 2 rings (SSSR count). The van der Waals surface area contributed by atoms with E-state index in [0.717, 1.165) is 12.1 Å². The lowest BCUT2D eigenvalue weighted by molar-refractivity contribution is -0.118. The summed E-state index contributed by atoms with van der Waals surface area (Å²) < 4.78 is 26.1. The van der Waals surface area contributed by atoms with Crippen LogP contribution in [0.1, 0.15) is 11.6 Å². The molecule has 0 spiro atoms. The van der Waals surface area contributed by atoms with E-state index < -0.39 is 29.3 Å². The first kappa shape index (κ1) is 13.8. The second kappa shape index (κ2) is 5.56. The van der Waals surface area contributed by atoms with Gasteiger partial charge in [0.25, 0.3) is 0 Å². The highest BCUT2D eigenvalue weighted by molar-refractivity contribution is 5.84. The van der Waals surface area contributed by atoms with Crippen molar-refractivity contribution in [2.24, 2.45) is 5.73 Å². The van der Waals surface area contributed by atoms with E-state index in [9.17, 15) is 13.6 Å². The van der Waals surface area contributed by atoms with Crippen LogP contribution in [-0.4, -0.2) is 11.0 Å². The van der Waals surface area contributed by atoms with Gasteiger partial charge >= 0.3 is 0 Å². The van der Waals surface area contributed by atoms with Crippen LogP contribution >= 0.6 is 0 Å². The minimum Gasteiger partial charge on any atom is -0.505 e. The van der Waals surface area contributed by atoms with Crippen LogP contribution in [0, 0.1) is 11.6 Å². The number of benzene rings is 2. The van der Waals surface area contributed by atoms with Crippen molar-refractivity contribution < 1.29 is 18.7 Å². The van der Waals surface area contributed by atoms with Gasteiger partial charge in [-0.15, -0.1) is 0 Å². The van der Waals surface area contributed by atoms with Crippen LogP contribution in [0.4, 0.5) is 14.5 Å². The topological polar surface area (TPSA) is 75.4 Å². The Kier molecular flexibility index (Phi) is 3.84. The molecule has 2 aromatic rings. The van der Waals surface area contributed by atoms with Crippen molar-refractivity contribution in [2.75, 3.05) is 5.32 Å². The van der Waals surface area contributed by atoms with E-state index in [-0.39, 0.29) is 5.56 Å². The van der Waals surface area contributed by atoms with E-state index in [1.807, 2.05) is 0 Å². The highest BCUT2D eigenvalue weighted by Gasteiger charge is 2.19. The van der Waals surface area contributed by atoms with Crippen LogP contribution in [-0.2, 0) is 4.79 Å². The zero-order chi connectivity index (χ0) is 14.7. The average Bonchev–Trinajstić information content (AvgIpc) is 2.41. The summed E-state index contributed by atoms with van der Waals surface area (Å²) in [5.74, 6) is -2.50. The molecule has 0 aliphatic heterocycles. The van der Waals surface area contributed by atoms with Crippen LogP contribution in [0.15, 0.2) is 42.5 Å². The fourth-order valence-electron chi connectivity index (χ4n) is 1.73. The molecule has 104 valence electrons.